The SMILES string of the molecule is CCOC1=N[C@H](C(C)C)C(OCC)=NC1CC1C(C)CCC2NC(=O)C(=O)NC21. The fourth-order valence-corrected chi connectivity index (χ4v) is 4.65. The molecule has 2 amide bonds. The summed E-state index contributed by atoms with van der Waals surface area (Å²) in [6.45, 7) is 11.4. The van der Waals surface area contributed by atoms with Crippen molar-refractivity contribution in [1.29, 1.82) is 0 Å². The van der Waals surface area contributed by atoms with Gasteiger partial charge in [-0.2, -0.15) is 0 Å². The minimum atomic E-state index is -0.550. The van der Waals surface area contributed by atoms with Gasteiger partial charge in [0.05, 0.1) is 19.3 Å². The maximum Gasteiger partial charge on any atom is 0.309 e. The highest BCUT2D eigenvalue weighted by Gasteiger charge is 2.45. The largest absolute Gasteiger partial charge is 0.480 e. The first kappa shape index (κ1) is 21.6. The van der Waals surface area contributed by atoms with Crippen molar-refractivity contribution in [2.24, 2.45) is 27.7 Å². The molecule has 2 N–H and O–H groups in total. The average molecular weight is 407 g/mol. The van der Waals surface area contributed by atoms with Gasteiger partial charge in [-0.3, -0.25) is 9.59 Å². The Morgan fingerprint density at radius 3 is 2.31 bits per heavy atom. The molecule has 0 spiro atoms. The third-order valence-corrected chi connectivity index (χ3v) is 6.18. The quantitative estimate of drug-likeness (QED) is 0.678. The molecule has 8 heteroatoms. The van der Waals surface area contributed by atoms with E-state index in [2.05, 4.69) is 31.4 Å². The highest BCUT2D eigenvalue weighted by molar-refractivity contribution is 6.35. The first-order valence-corrected chi connectivity index (χ1v) is 10.9. The van der Waals surface area contributed by atoms with E-state index in [-0.39, 0.29) is 36.0 Å². The van der Waals surface area contributed by atoms with Gasteiger partial charge in [-0.25, -0.2) is 9.98 Å². The smallest absolute Gasteiger partial charge is 0.309 e. The lowest BCUT2D eigenvalue weighted by Gasteiger charge is -2.45. The van der Waals surface area contributed by atoms with Crippen LogP contribution in [0.4, 0.5) is 0 Å². The highest BCUT2D eigenvalue weighted by Crippen LogP contribution is 2.36. The molecular formula is C21H34N4O4. The topological polar surface area (TPSA) is 101 Å². The number of aliphatic imine (C=N–C) groups is 2. The zero-order chi connectivity index (χ0) is 21.1. The fraction of sp³-hybridized carbons (Fsp3) is 0.810. The number of amides is 2. The molecule has 2 fully saturated rings. The molecule has 162 valence electrons. The van der Waals surface area contributed by atoms with Gasteiger partial charge in [0, 0.05) is 6.04 Å². The van der Waals surface area contributed by atoms with Crippen molar-refractivity contribution < 1.29 is 19.1 Å². The Hall–Kier alpha value is -2.12. The van der Waals surface area contributed by atoms with Crippen LogP contribution in [0, 0.1) is 17.8 Å². The van der Waals surface area contributed by atoms with Gasteiger partial charge in [-0.1, -0.05) is 20.8 Å². The second-order valence-electron chi connectivity index (χ2n) is 8.54. The van der Waals surface area contributed by atoms with Crippen LogP contribution in [0.2, 0.25) is 0 Å². The van der Waals surface area contributed by atoms with Crippen molar-refractivity contribution in [3.63, 3.8) is 0 Å². The summed E-state index contributed by atoms with van der Waals surface area (Å²) in [5.41, 5.74) is 0. The van der Waals surface area contributed by atoms with Gasteiger partial charge in [0.25, 0.3) is 0 Å². The molecular weight excluding hydrogens is 372 g/mol. The van der Waals surface area contributed by atoms with Crippen LogP contribution < -0.4 is 10.6 Å². The van der Waals surface area contributed by atoms with Crippen LogP contribution in [0.15, 0.2) is 9.98 Å². The zero-order valence-electron chi connectivity index (χ0n) is 18.1. The Morgan fingerprint density at radius 1 is 1.00 bits per heavy atom. The van der Waals surface area contributed by atoms with E-state index in [0.29, 0.717) is 37.3 Å². The minimum absolute atomic E-state index is 0.0313. The maximum atomic E-state index is 12.0. The van der Waals surface area contributed by atoms with Crippen LogP contribution in [0.3, 0.4) is 0 Å². The maximum absolute atomic E-state index is 12.0. The van der Waals surface area contributed by atoms with Gasteiger partial charge in [-0.15, -0.1) is 0 Å². The number of fused-ring (bicyclic) bond motifs is 1. The van der Waals surface area contributed by atoms with Crippen LogP contribution in [-0.2, 0) is 19.1 Å². The molecule has 2 aliphatic heterocycles. The summed E-state index contributed by atoms with van der Waals surface area (Å²) in [5, 5.41) is 5.81. The summed E-state index contributed by atoms with van der Waals surface area (Å²) >= 11 is 0. The molecule has 29 heavy (non-hydrogen) atoms. The summed E-state index contributed by atoms with van der Waals surface area (Å²) in [7, 11) is 0. The Morgan fingerprint density at radius 2 is 1.66 bits per heavy atom. The van der Waals surface area contributed by atoms with E-state index in [1.54, 1.807) is 0 Å². The summed E-state index contributed by atoms with van der Waals surface area (Å²) in [6, 6.07) is -0.512. The van der Waals surface area contributed by atoms with E-state index in [1.165, 1.54) is 0 Å². The number of hydrogen-bond donors (Lipinski definition) is 2. The van der Waals surface area contributed by atoms with E-state index in [4.69, 9.17) is 19.5 Å². The van der Waals surface area contributed by atoms with Crippen molar-refractivity contribution >= 4 is 23.6 Å². The van der Waals surface area contributed by atoms with Gasteiger partial charge in [0.1, 0.15) is 12.1 Å². The molecule has 5 unspecified atom stereocenters. The van der Waals surface area contributed by atoms with Crippen LogP contribution in [0.1, 0.15) is 53.9 Å². The number of rotatable bonds is 5. The Labute approximate surface area is 172 Å². The molecule has 0 radical (unpaired) electrons. The number of nitrogens with zero attached hydrogens (tertiary/aromatic N) is 2. The summed E-state index contributed by atoms with van der Waals surface area (Å²) in [6.07, 6.45) is 2.56. The standard InChI is InChI=1S/C21H34N4O4/c1-6-28-20-15(23-21(29-7-2)16(25-20)11(3)4)10-13-12(5)8-9-14-17(13)24-19(27)18(26)22-14/h11-17H,6-10H2,1-5H3,(H,22,26)(H,24,27)/t12?,13?,14?,15?,16-,17?/m1/s1. The molecule has 0 aromatic rings. The molecule has 6 atom stereocenters. The molecule has 0 bridgehead atoms. The number of nitrogens with one attached hydrogen (secondary N) is 2. The van der Waals surface area contributed by atoms with E-state index in [1.807, 2.05) is 13.8 Å². The predicted octanol–water partition coefficient (Wildman–Crippen LogP) is 1.68. The molecule has 3 rings (SSSR count). The summed E-state index contributed by atoms with van der Waals surface area (Å²) < 4.78 is 11.7. The number of piperazine rings is 1. The highest BCUT2D eigenvalue weighted by atomic mass is 16.5. The van der Waals surface area contributed by atoms with E-state index in [0.717, 1.165) is 12.8 Å². The second-order valence-corrected chi connectivity index (χ2v) is 8.54. The molecule has 8 nitrogen and oxygen atoms in total. The van der Waals surface area contributed by atoms with Gasteiger partial charge in [0.2, 0.25) is 11.8 Å². The lowest BCUT2D eigenvalue weighted by molar-refractivity contribution is -0.144. The molecule has 1 saturated carbocycles. The summed E-state index contributed by atoms with van der Waals surface area (Å²) in [4.78, 5) is 33.5. The molecule has 1 aliphatic carbocycles. The summed E-state index contributed by atoms with van der Waals surface area (Å²) in [5.74, 6) is 1.03. The number of ether oxygens (including phenoxy) is 2. The zero-order valence-corrected chi connectivity index (χ0v) is 18.1. The van der Waals surface area contributed by atoms with Gasteiger partial charge < -0.3 is 20.1 Å². The first-order valence-electron chi connectivity index (χ1n) is 10.9. The Bertz CT molecular complexity index is 690. The van der Waals surface area contributed by atoms with Crippen LogP contribution >= 0.6 is 0 Å². The van der Waals surface area contributed by atoms with Crippen molar-refractivity contribution in [2.75, 3.05) is 13.2 Å². The van der Waals surface area contributed by atoms with Crippen LogP contribution in [0.5, 0.6) is 0 Å². The predicted molar refractivity (Wildman–Crippen MR) is 111 cm³/mol. The second kappa shape index (κ2) is 9.13. The lowest BCUT2D eigenvalue weighted by atomic mass is 9.70. The van der Waals surface area contributed by atoms with E-state index in [9.17, 15) is 9.59 Å². The monoisotopic (exact) mass is 406 g/mol. The molecule has 3 aliphatic rings. The van der Waals surface area contributed by atoms with E-state index < -0.39 is 11.8 Å². The number of carbonyl (C=O) groups is 2. The van der Waals surface area contributed by atoms with Crippen LogP contribution in [0.25, 0.3) is 0 Å². The van der Waals surface area contributed by atoms with Gasteiger partial charge in [0.15, 0.2) is 0 Å². The lowest BCUT2D eigenvalue weighted by Crippen LogP contribution is -2.66. The molecule has 2 heterocycles. The Kier molecular flexibility index (Phi) is 6.80. The average Bonchev–Trinajstić information content (AvgIpc) is 2.67. The van der Waals surface area contributed by atoms with Crippen LogP contribution in [-0.4, -0.2) is 61.0 Å². The molecule has 1 saturated heterocycles. The Balaban J connectivity index is 1.85. The van der Waals surface area contributed by atoms with Crippen molar-refractivity contribution in [3.8, 4) is 0 Å². The van der Waals surface area contributed by atoms with Gasteiger partial charge in [-0.05, 0) is 50.9 Å². The number of hydrogen-bond acceptors (Lipinski definition) is 6. The normalized spacial score (nSPS) is 34.6. The van der Waals surface area contributed by atoms with Crippen molar-refractivity contribution in [3.05, 3.63) is 0 Å². The minimum Gasteiger partial charge on any atom is -0.480 e. The number of carbonyl (C=O) groups excluding carboxylic acids is 2. The molecule has 0 aromatic heterocycles. The first-order chi connectivity index (χ1) is 13.8. The van der Waals surface area contributed by atoms with E-state index >= 15 is 0 Å². The third kappa shape index (κ3) is 4.56. The van der Waals surface area contributed by atoms with Gasteiger partial charge >= 0.3 is 11.8 Å². The molecule has 0 aromatic carbocycles. The van der Waals surface area contributed by atoms with Crippen molar-refractivity contribution in [1.82, 2.24) is 10.6 Å². The van der Waals surface area contributed by atoms with Crippen molar-refractivity contribution in [2.45, 2.75) is 78.0 Å². The fourth-order valence-electron chi connectivity index (χ4n) is 4.65. The third-order valence-electron chi connectivity index (χ3n) is 6.18.